The van der Waals surface area contributed by atoms with Crippen molar-refractivity contribution in [3.05, 3.63) is 95.6 Å². The van der Waals surface area contributed by atoms with Crippen LogP contribution in [0.1, 0.15) is 33.8 Å². The van der Waals surface area contributed by atoms with Crippen LogP contribution in [0.4, 0.5) is 10.1 Å². The number of rotatable bonds is 4. The summed E-state index contributed by atoms with van der Waals surface area (Å²) < 4.78 is 13.4. The van der Waals surface area contributed by atoms with E-state index in [1.165, 1.54) is 12.1 Å². The second-order valence-corrected chi connectivity index (χ2v) is 6.85. The van der Waals surface area contributed by atoms with Gasteiger partial charge < -0.3 is 4.90 Å². The number of aromatic nitrogens is 1. The lowest BCUT2D eigenvalue weighted by Gasteiger charge is -2.32. The molecule has 1 aromatic heterocycles. The van der Waals surface area contributed by atoms with E-state index in [9.17, 15) is 14.0 Å². The minimum Gasteiger partial charge on any atom is -0.311 e. The first kappa shape index (κ1) is 18.0. The molecule has 0 aliphatic carbocycles. The fraction of sp³-hybridized carbons (Fsp3) is 0.174. The molecule has 5 heteroatoms. The number of fused-ring (bicyclic) bond motifs is 1. The Labute approximate surface area is 162 Å². The van der Waals surface area contributed by atoms with Gasteiger partial charge in [-0.1, -0.05) is 30.3 Å². The standard InChI is InChI=1S/C23H19FN2O2/c24-18-9-7-17(8-10-18)20(14-16-4-3-12-25-15-16)23(28)26-13-11-22(27)19-5-1-2-6-21(19)26/h1-10,12,15,20H,11,13-14H2. The molecule has 0 saturated heterocycles. The van der Waals surface area contributed by atoms with Crippen molar-refractivity contribution in [2.75, 3.05) is 11.4 Å². The molecular weight excluding hydrogens is 355 g/mol. The predicted molar refractivity (Wildman–Crippen MR) is 105 cm³/mol. The average Bonchev–Trinajstić information content (AvgIpc) is 2.74. The molecule has 0 radical (unpaired) electrons. The molecule has 4 rings (SSSR count). The third-order valence-electron chi connectivity index (χ3n) is 5.06. The molecule has 3 aromatic rings. The molecule has 0 saturated carbocycles. The van der Waals surface area contributed by atoms with Crippen LogP contribution in [-0.4, -0.2) is 23.2 Å². The van der Waals surface area contributed by atoms with Gasteiger partial charge in [0.15, 0.2) is 5.78 Å². The molecule has 0 spiro atoms. The zero-order chi connectivity index (χ0) is 19.5. The van der Waals surface area contributed by atoms with Gasteiger partial charge in [0.2, 0.25) is 5.91 Å². The van der Waals surface area contributed by atoms with E-state index in [-0.39, 0.29) is 17.5 Å². The summed E-state index contributed by atoms with van der Waals surface area (Å²) in [6.45, 7) is 0.347. The van der Waals surface area contributed by atoms with Crippen LogP contribution < -0.4 is 4.90 Å². The second kappa shape index (κ2) is 7.72. The molecule has 1 amide bonds. The van der Waals surface area contributed by atoms with Crippen LogP contribution in [0.3, 0.4) is 0 Å². The summed E-state index contributed by atoms with van der Waals surface area (Å²) in [6, 6.07) is 17.0. The number of pyridine rings is 1. The van der Waals surface area contributed by atoms with Crippen molar-refractivity contribution in [3.63, 3.8) is 0 Å². The number of Topliss-reactive ketones (excluding diaryl/α,β-unsaturated/α-hetero) is 1. The van der Waals surface area contributed by atoms with Gasteiger partial charge in [-0.05, 0) is 47.9 Å². The summed E-state index contributed by atoms with van der Waals surface area (Å²) in [6.07, 6.45) is 4.17. The van der Waals surface area contributed by atoms with Gasteiger partial charge in [0.1, 0.15) is 5.82 Å². The second-order valence-electron chi connectivity index (χ2n) is 6.85. The maximum Gasteiger partial charge on any atom is 0.234 e. The highest BCUT2D eigenvalue weighted by atomic mass is 19.1. The van der Waals surface area contributed by atoms with E-state index in [2.05, 4.69) is 4.98 Å². The molecule has 28 heavy (non-hydrogen) atoms. The number of amides is 1. The topological polar surface area (TPSA) is 50.3 Å². The first-order chi connectivity index (χ1) is 13.6. The quantitative estimate of drug-likeness (QED) is 0.689. The number of hydrogen-bond donors (Lipinski definition) is 0. The van der Waals surface area contributed by atoms with Crippen LogP contribution in [0, 0.1) is 5.82 Å². The van der Waals surface area contributed by atoms with Crippen LogP contribution in [0.2, 0.25) is 0 Å². The summed E-state index contributed by atoms with van der Waals surface area (Å²) in [5, 5.41) is 0. The number of ketones is 1. The summed E-state index contributed by atoms with van der Waals surface area (Å²) in [7, 11) is 0. The van der Waals surface area contributed by atoms with Crippen molar-refractivity contribution in [1.29, 1.82) is 0 Å². The molecule has 1 aliphatic heterocycles. The predicted octanol–water partition coefficient (Wildman–Crippen LogP) is 4.17. The third-order valence-corrected chi connectivity index (χ3v) is 5.06. The summed E-state index contributed by atoms with van der Waals surface area (Å²) in [5.74, 6) is -0.892. The zero-order valence-electron chi connectivity index (χ0n) is 15.2. The Morgan fingerprint density at radius 3 is 2.61 bits per heavy atom. The van der Waals surface area contributed by atoms with Gasteiger partial charge in [0.25, 0.3) is 0 Å². The van der Waals surface area contributed by atoms with Gasteiger partial charge in [-0.2, -0.15) is 0 Å². The highest BCUT2D eigenvalue weighted by molar-refractivity contribution is 6.10. The van der Waals surface area contributed by atoms with Crippen LogP contribution >= 0.6 is 0 Å². The Kier molecular flexibility index (Phi) is 4.98. The molecule has 140 valence electrons. The van der Waals surface area contributed by atoms with Crippen molar-refractivity contribution in [2.45, 2.75) is 18.8 Å². The van der Waals surface area contributed by atoms with E-state index >= 15 is 0 Å². The molecule has 1 unspecified atom stereocenters. The van der Waals surface area contributed by atoms with Gasteiger partial charge in [-0.3, -0.25) is 14.6 Å². The zero-order valence-corrected chi connectivity index (χ0v) is 15.2. The van der Waals surface area contributed by atoms with Crippen LogP contribution in [0.15, 0.2) is 73.1 Å². The fourth-order valence-corrected chi connectivity index (χ4v) is 3.63. The van der Waals surface area contributed by atoms with E-state index in [4.69, 9.17) is 0 Å². The monoisotopic (exact) mass is 374 g/mol. The van der Waals surface area contributed by atoms with Crippen LogP contribution in [-0.2, 0) is 11.2 Å². The van der Waals surface area contributed by atoms with Crippen molar-refractivity contribution >= 4 is 17.4 Å². The number of carbonyl (C=O) groups is 2. The van der Waals surface area contributed by atoms with E-state index in [0.717, 1.165) is 11.1 Å². The Morgan fingerprint density at radius 2 is 1.86 bits per heavy atom. The average molecular weight is 374 g/mol. The number of halogens is 1. The Balaban J connectivity index is 1.72. The molecular formula is C23H19FN2O2. The van der Waals surface area contributed by atoms with E-state index in [0.29, 0.717) is 30.6 Å². The first-order valence-corrected chi connectivity index (χ1v) is 9.21. The molecule has 0 N–H and O–H groups in total. The number of carbonyl (C=O) groups excluding carboxylic acids is 2. The van der Waals surface area contributed by atoms with Gasteiger partial charge in [0, 0.05) is 30.9 Å². The number of benzene rings is 2. The fourth-order valence-electron chi connectivity index (χ4n) is 3.63. The highest BCUT2D eigenvalue weighted by Gasteiger charge is 2.32. The Morgan fingerprint density at radius 1 is 1.07 bits per heavy atom. The lowest BCUT2D eigenvalue weighted by Crippen LogP contribution is -2.41. The maximum absolute atomic E-state index is 13.6. The summed E-state index contributed by atoms with van der Waals surface area (Å²) in [5.41, 5.74) is 2.87. The van der Waals surface area contributed by atoms with E-state index in [1.54, 1.807) is 47.6 Å². The maximum atomic E-state index is 13.6. The molecule has 4 nitrogen and oxygen atoms in total. The van der Waals surface area contributed by atoms with Crippen molar-refractivity contribution in [1.82, 2.24) is 4.98 Å². The molecule has 2 aromatic carbocycles. The number of hydrogen-bond acceptors (Lipinski definition) is 3. The molecule has 0 bridgehead atoms. The van der Waals surface area contributed by atoms with Gasteiger partial charge >= 0.3 is 0 Å². The largest absolute Gasteiger partial charge is 0.311 e. The minimum absolute atomic E-state index is 0.0465. The molecule has 1 aliphatic rings. The van der Waals surface area contributed by atoms with Crippen molar-refractivity contribution in [3.8, 4) is 0 Å². The van der Waals surface area contributed by atoms with Crippen LogP contribution in [0.25, 0.3) is 0 Å². The van der Waals surface area contributed by atoms with Crippen molar-refractivity contribution < 1.29 is 14.0 Å². The Bertz CT molecular complexity index is 1000. The molecule has 0 fully saturated rings. The lowest BCUT2D eigenvalue weighted by molar-refractivity contribution is -0.120. The Hall–Kier alpha value is -3.34. The van der Waals surface area contributed by atoms with Gasteiger partial charge in [-0.25, -0.2) is 4.39 Å². The van der Waals surface area contributed by atoms with E-state index in [1.807, 2.05) is 18.2 Å². The minimum atomic E-state index is -0.494. The number of para-hydroxylation sites is 1. The number of anilines is 1. The first-order valence-electron chi connectivity index (χ1n) is 9.21. The molecule has 2 heterocycles. The van der Waals surface area contributed by atoms with E-state index < -0.39 is 5.92 Å². The molecule has 1 atom stereocenters. The SMILES string of the molecule is O=C1CCN(C(=O)C(Cc2cccnc2)c2ccc(F)cc2)c2ccccc21. The number of nitrogens with zero attached hydrogens (tertiary/aromatic N) is 2. The summed E-state index contributed by atoms with van der Waals surface area (Å²) >= 11 is 0. The summed E-state index contributed by atoms with van der Waals surface area (Å²) in [4.78, 5) is 31.6. The lowest BCUT2D eigenvalue weighted by atomic mass is 9.89. The smallest absolute Gasteiger partial charge is 0.234 e. The van der Waals surface area contributed by atoms with Gasteiger partial charge in [-0.15, -0.1) is 0 Å². The van der Waals surface area contributed by atoms with Gasteiger partial charge in [0.05, 0.1) is 11.6 Å². The van der Waals surface area contributed by atoms with Crippen molar-refractivity contribution in [2.24, 2.45) is 0 Å². The third kappa shape index (κ3) is 3.56. The normalized spacial score (nSPS) is 14.5. The highest BCUT2D eigenvalue weighted by Crippen LogP contribution is 2.31. The van der Waals surface area contributed by atoms with Crippen LogP contribution in [0.5, 0.6) is 0 Å².